The summed E-state index contributed by atoms with van der Waals surface area (Å²) in [6.45, 7) is 8.59. The molecule has 2 rings (SSSR count). The van der Waals surface area contributed by atoms with Crippen LogP contribution in [0.25, 0.3) is 0 Å². The normalized spacial score (nSPS) is 24.1. The van der Waals surface area contributed by atoms with Gasteiger partial charge in [0.05, 0.1) is 11.7 Å². The van der Waals surface area contributed by atoms with Crippen molar-refractivity contribution in [2.24, 2.45) is 0 Å². The molecule has 1 atom stereocenters. The lowest BCUT2D eigenvalue weighted by atomic mass is 10.0. The fourth-order valence-electron chi connectivity index (χ4n) is 2.63. The van der Waals surface area contributed by atoms with Crippen molar-refractivity contribution in [1.29, 1.82) is 0 Å². The molecule has 0 aliphatic carbocycles. The zero-order valence-corrected chi connectivity index (χ0v) is 11.9. The Morgan fingerprint density at radius 1 is 1.50 bits per heavy atom. The molecule has 1 aromatic rings. The number of nitrogens with zero attached hydrogens (tertiary/aromatic N) is 1. The Labute approximate surface area is 113 Å². The molecule has 1 heterocycles. The Balaban J connectivity index is 2.14. The molecule has 100 valence electrons. The average molecular weight is 270 g/mol. The number of phenolic OH excluding ortho intramolecular Hbond substituents is 1. The number of rotatable bonds is 2. The van der Waals surface area contributed by atoms with E-state index in [1.807, 2.05) is 6.07 Å². The van der Waals surface area contributed by atoms with Gasteiger partial charge in [0, 0.05) is 30.2 Å². The fraction of sp³-hybridized carbons (Fsp3) is 0.571. The van der Waals surface area contributed by atoms with E-state index in [-0.39, 0.29) is 17.5 Å². The summed E-state index contributed by atoms with van der Waals surface area (Å²) >= 11 is 6.14. The van der Waals surface area contributed by atoms with Crippen molar-refractivity contribution in [2.75, 3.05) is 13.1 Å². The second-order valence-electron chi connectivity index (χ2n) is 5.60. The van der Waals surface area contributed by atoms with Crippen LogP contribution < -0.4 is 0 Å². The van der Waals surface area contributed by atoms with Crippen LogP contribution in [0.15, 0.2) is 18.2 Å². The van der Waals surface area contributed by atoms with Crippen LogP contribution in [0.4, 0.5) is 0 Å². The van der Waals surface area contributed by atoms with Crippen molar-refractivity contribution in [3.63, 3.8) is 0 Å². The highest BCUT2D eigenvalue weighted by atomic mass is 35.5. The first-order valence-corrected chi connectivity index (χ1v) is 6.62. The molecule has 1 unspecified atom stereocenters. The van der Waals surface area contributed by atoms with Crippen LogP contribution in [0.3, 0.4) is 0 Å². The van der Waals surface area contributed by atoms with Gasteiger partial charge in [-0.15, -0.1) is 0 Å². The summed E-state index contributed by atoms with van der Waals surface area (Å²) in [6, 6.07) is 5.24. The number of hydrogen-bond donors (Lipinski definition) is 1. The summed E-state index contributed by atoms with van der Waals surface area (Å²) in [4.78, 5) is 2.27. The average Bonchev–Trinajstić information content (AvgIpc) is 2.21. The van der Waals surface area contributed by atoms with Crippen molar-refractivity contribution in [2.45, 2.75) is 39.0 Å². The molecule has 1 aromatic carbocycles. The first-order valence-electron chi connectivity index (χ1n) is 6.24. The fourth-order valence-corrected chi connectivity index (χ4v) is 2.86. The minimum absolute atomic E-state index is 0.158. The van der Waals surface area contributed by atoms with Crippen molar-refractivity contribution in [1.82, 2.24) is 4.90 Å². The Bertz CT molecular complexity index is 414. The minimum atomic E-state index is -0.158. The first kappa shape index (κ1) is 13.7. The largest absolute Gasteiger partial charge is 0.508 e. The molecule has 1 aliphatic rings. The van der Waals surface area contributed by atoms with Gasteiger partial charge in [-0.1, -0.05) is 17.7 Å². The lowest BCUT2D eigenvalue weighted by molar-refractivity contribution is -0.130. The van der Waals surface area contributed by atoms with Gasteiger partial charge in [0.1, 0.15) is 5.75 Å². The van der Waals surface area contributed by atoms with Crippen molar-refractivity contribution in [3.05, 3.63) is 28.8 Å². The zero-order chi connectivity index (χ0) is 13.3. The van der Waals surface area contributed by atoms with Gasteiger partial charge in [0.25, 0.3) is 0 Å². The molecule has 0 spiro atoms. The van der Waals surface area contributed by atoms with Crippen molar-refractivity contribution < 1.29 is 9.84 Å². The van der Waals surface area contributed by atoms with Crippen LogP contribution in [0.1, 0.15) is 26.3 Å². The molecule has 1 aliphatic heterocycles. The summed E-state index contributed by atoms with van der Waals surface area (Å²) in [5, 5.41) is 10.5. The third-order valence-corrected chi connectivity index (χ3v) is 3.47. The number of hydrogen-bond acceptors (Lipinski definition) is 3. The second-order valence-corrected chi connectivity index (χ2v) is 6.00. The molecule has 0 amide bonds. The van der Waals surface area contributed by atoms with Crippen LogP contribution in [0.5, 0.6) is 5.75 Å². The summed E-state index contributed by atoms with van der Waals surface area (Å²) in [6.07, 6.45) is 0.193. The topological polar surface area (TPSA) is 32.7 Å². The number of benzene rings is 1. The highest BCUT2D eigenvalue weighted by Gasteiger charge is 2.31. The molecular formula is C14H20ClNO2. The standard InChI is InChI=1S/C14H20ClNO2/c1-10-7-16(9-14(2,3)18-10)8-11-12(15)5-4-6-13(11)17/h4-6,10,17H,7-9H2,1-3H3. The summed E-state index contributed by atoms with van der Waals surface area (Å²) in [5.74, 6) is 0.263. The van der Waals surface area contributed by atoms with Gasteiger partial charge in [-0.25, -0.2) is 0 Å². The predicted octanol–water partition coefficient (Wildman–Crippen LogP) is 3.04. The van der Waals surface area contributed by atoms with E-state index < -0.39 is 0 Å². The number of halogens is 1. The van der Waals surface area contributed by atoms with Crippen LogP contribution in [0, 0.1) is 0 Å². The van der Waals surface area contributed by atoms with Gasteiger partial charge in [-0.3, -0.25) is 4.90 Å². The smallest absolute Gasteiger partial charge is 0.121 e. The summed E-state index contributed by atoms with van der Waals surface area (Å²) in [7, 11) is 0. The van der Waals surface area contributed by atoms with E-state index in [0.29, 0.717) is 11.6 Å². The van der Waals surface area contributed by atoms with E-state index in [9.17, 15) is 5.11 Å². The van der Waals surface area contributed by atoms with Gasteiger partial charge in [-0.05, 0) is 32.9 Å². The molecule has 1 saturated heterocycles. The maximum absolute atomic E-state index is 9.88. The van der Waals surface area contributed by atoms with Gasteiger partial charge < -0.3 is 9.84 Å². The minimum Gasteiger partial charge on any atom is -0.508 e. The van der Waals surface area contributed by atoms with Gasteiger partial charge >= 0.3 is 0 Å². The third-order valence-electron chi connectivity index (χ3n) is 3.12. The molecule has 0 saturated carbocycles. The van der Waals surface area contributed by atoms with Crippen LogP contribution in [0.2, 0.25) is 5.02 Å². The molecule has 0 radical (unpaired) electrons. The van der Waals surface area contributed by atoms with Crippen molar-refractivity contribution >= 4 is 11.6 Å². The number of morpholine rings is 1. The number of phenols is 1. The number of ether oxygens (including phenoxy) is 1. The molecule has 1 fully saturated rings. The van der Waals surface area contributed by atoms with Gasteiger partial charge in [0.2, 0.25) is 0 Å². The quantitative estimate of drug-likeness (QED) is 0.896. The third kappa shape index (κ3) is 3.16. The van der Waals surface area contributed by atoms with Gasteiger partial charge in [-0.2, -0.15) is 0 Å². The molecule has 0 bridgehead atoms. The second kappa shape index (κ2) is 5.08. The Morgan fingerprint density at radius 2 is 2.22 bits per heavy atom. The maximum atomic E-state index is 9.88. The SMILES string of the molecule is CC1CN(Cc2c(O)cccc2Cl)CC(C)(C)O1. The number of aromatic hydroxyl groups is 1. The van der Waals surface area contributed by atoms with E-state index in [4.69, 9.17) is 16.3 Å². The summed E-state index contributed by atoms with van der Waals surface area (Å²) < 4.78 is 5.86. The van der Waals surface area contributed by atoms with E-state index >= 15 is 0 Å². The van der Waals surface area contributed by atoms with E-state index in [0.717, 1.165) is 18.7 Å². The first-order chi connectivity index (χ1) is 8.37. The van der Waals surface area contributed by atoms with E-state index in [2.05, 4.69) is 25.7 Å². The molecular weight excluding hydrogens is 250 g/mol. The molecule has 4 heteroatoms. The highest BCUT2D eigenvalue weighted by Crippen LogP contribution is 2.29. The predicted molar refractivity (Wildman–Crippen MR) is 73.0 cm³/mol. The highest BCUT2D eigenvalue weighted by molar-refractivity contribution is 6.31. The maximum Gasteiger partial charge on any atom is 0.121 e. The van der Waals surface area contributed by atoms with Gasteiger partial charge in [0.15, 0.2) is 0 Å². The van der Waals surface area contributed by atoms with Crippen LogP contribution in [-0.2, 0) is 11.3 Å². The van der Waals surface area contributed by atoms with E-state index in [1.165, 1.54) is 0 Å². The Hall–Kier alpha value is -0.770. The Kier molecular flexibility index (Phi) is 3.85. The monoisotopic (exact) mass is 269 g/mol. The van der Waals surface area contributed by atoms with Crippen LogP contribution >= 0.6 is 11.6 Å². The molecule has 18 heavy (non-hydrogen) atoms. The zero-order valence-electron chi connectivity index (χ0n) is 11.1. The van der Waals surface area contributed by atoms with E-state index in [1.54, 1.807) is 12.1 Å². The lowest BCUT2D eigenvalue weighted by Gasteiger charge is -2.41. The van der Waals surface area contributed by atoms with Crippen LogP contribution in [-0.4, -0.2) is 34.8 Å². The molecule has 1 N–H and O–H groups in total. The van der Waals surface area contributed by atoms with Crippen molar-refractivity contribution in [3.8, 4) is 5.75 Å². The summed E-state index contributed by atoms with van der Waals surface area (Å²) in [5.41, 5.74) is 0.637. The lowest BCUT2D eigenvalue weighted by Crippen LogP contribution is -2.51. The molecule has 3 nitrogen and oxygen atoms in total. The Morgan fingerprint density at radius 3 is 2.83 bits per heavy atom. The molecule has 0 aromatic heterocycles.